The van der Waals surface area contributed by atoms with E-state index in [9.17, 15) is 9.59 Å². The maximum absolute atomic E-state index is 12.4. The highest BCUT2D eigenvalue weighted by molar-refractivity contribution is 6.05. The molecule has 0 radical (unpaired) electrons. The molecule has 1 amide bonds. The zero-order valence-electron chi connectivity index (χ0n) is 13.4. The monoisotopic (exact) mass is 347 g/mol. The molecular weight excluding hydrogens is 334 g/mol. The molecule has 0 spiro atoms. The van der Waals surface area contributed by atoms with Gasteiger partial charge in [0.2, 0.25) is 5.95 Å². The lowest BCUT2D eigenvalue weighted by Gasteiger charge is -2.04. The Balaban J connectivity index is 1.63. The molecule has 0 aliphatic heterocycles. The van der Waals surface area contributed by atoms with Crippen LogP contribution in [0.25, 0.3) is 17.0 Å². The van der Waals surface area contributed by atoms with Gasteiger partial charge in [0.15, 0.2) is 0 Å². The molecule has 4 rings (SSSR count). The number of amides is 1. The highest BCUT2D eigenvalue weighted by Gasteiger charge is 2.12. The number of hydrogen-bond acceptors (Lipinski definition) is 4. The van der Waals surface area contributed by atoms with E-state index in [1.165, 1.54) is 17.1 Å². The number of hydrogen-bond donors (Lipinski definition) is 3. The summed E-state index contributed by atoms with van der Waals surface area (Å²) in [7, 11) is 0. The molecule has 0 unspecified atom stereocenters. The lowest BCUT2D eigenvalue weighted by Crippen LogP contribution is -2.11. The van der Waals surface area contributed by atoms with E-state index < -0.39 is 5.97 Å². The normalized spacial score (nSPS) is 10.8. The van der Waals surface area contributed by atoms with Gasteiger partial charge in [0.1, 0.15) is 0 Å². The van der Waals surface area contributed by atoms with Crippen molar-refractivity contribution in [2.45, 2.75) is 0 Å². The van der Waals surface area contributed by atoms with Gasteiger partial charge < -0.3 is 15.4 Å². The number of anilines is 1. The first kappa shape index (κ1) is 15.6. The summed E-state index contributed by atoms with van der Waals surface area (Å²) < 4.78 is 1.34. The Labute approximate surface area is 147 Å². The van der Waals surface area contributed by atoms with Gasteiger partial charge in [-0.3, -0.25) is 4.79 Å². The summed E-state index contributed by atoms with van der Waals surface area (Å²) in [6.07, 6.45) is 2.61. The predicted molar refractivity (Wildman–Crippen MR) is 94.6 cm³/mol. The van der Waals surface area contributed by atoms with E-state index in [1.54, 1.807) is 18.2 Å². The number of fused-ring (bicyclic) bond motifs is 1. The molecule has 0 saturated carbocycles. The molecule has 0 aliphatic rings. The first-order valence-corrected chi connectivity index (χ1v) is 7.75. The van der Waals surface area contributed by atoms with Gasteiger partial charge in [0.05, 0.1) is 22.8 Å². The van der Waals surface area contributed by atoms with Crippen LogP contribution in [0.5, 0.6) is 0 Å². The van der Waals surface area contributed by atoms with Gasteiger partial charge >= 0.3 is 5.97 Å². The van der Waals surface area contributed by atoms with Crippen LogP contribution in [0, 0.1) is 0 Å². The topological polar surface area (TPSA) is 113 Å². The fraction of sp³-hybridized carbons (Fsp3) is 0. The number of aromatic carboxylic acids is 1. The van der Waals surface area contributed by atoms with Crippen LogP contribution in [0.1, 0.15) is 20.7 Å². The van der Waals surface area contributed by atoms with Crippen LogP contribution in [-0.4, -0.2) is 36.7 Å². The maximum atomic E-state index is 12.4. The van der Waals surface area contributed by atoms with Crippen LogP contribution in [0.2, 0.25) is 0 Å². The van der Waals surface area contributed by atoms with Crippen molar-refractivity contribution in [1.29, 1.82) is 0 Å². The van der Waals surface area contributed by atoms with Crippen molar-refractivity contribution in [3.05, 3.63) is 72.1 Å². The maximum Gasteiger partial charge on any atom is 0.338 e. The van der Waals surface area contributed by atoms with Gasteiger partial charge in [-0.2, -0.15) is 5.10 Å². The van der Waals surface area contributed by atoms with E-state index in [4.69, 9.17) is 5.11 Å². The van der Waals surface area contributed by atoms with Crippen molar-refractivity contribution >= 4 is 28.6 Å². The van der Waals surface area contributed by atoms with E-state index >= 15 is 0 Å². The fourth-order valence-corrected chi connectivity index (χ4v) is 2.52. The SMILES string of the molecule is O=C(O)c1cnn(-c2nc3ccc(C(=O)Nc4ccccc4)cc3[nH]2)c1. The number of benzene rings is 2. The van der Waals surface area contributed by atoms with Crippen LogP contribution in [0.4, 0.5) is 5.69 Å². The number of carboxylic acids is 1. The number of carbonyl (C=O) groups is 2. The predicted octanol–water partition coefficient (Wildman–Crippen LogP) is 2.70. The third kappa shape index (κ3) is 2.91. The standard InChI is InChI=1S/C18H13N5O3/c24-16(20-13-4-2-1-3-5-13)11-6-7-14-15(8-11)22-18(21-14)23-10-12(9-19-23)17(25)26/h1-10H,(H,20,24)(H,21,22)(H,25,26). The number of nitrogens with zero attached hydrogens (tertiary/aromatic N) is 3. The second-order valence-electron chi connectivity index (χ2n) is 5.59. The smallest absolute Gasteiger partial charge is 0.338 e. The van der Waals surface area contributed by atoms with Crippen molar-refractivity contribution < 1.29 is 14.7 Å². The second-order valence-corrected chi connectivity index (χ2v) is 5.59. The minimum absolute atomic E-state index is 0.0633. The van der Waals surface area contributed by atoms with Crippen molar-refractivity contribution in [3.63, 3.8) is 0 Å². The number of para-hydroxylation sites is 1. The van der Waals surface area contributed by atoms with Crippen LogP contribution < -0.4 is 5.32 Å². The molecule has 128 valence electrons. The number of carboxylic acid groups (broad SMARTS) is 1. The molecule has 0 fully saturated rings. The molecule has 2 aromatic carbocycles. The largest absolute Gasteiger partial charge is 0.478 e. The van der Waals surface area contributed by atoms with Gasteiger partial charge in [0.25, 0.3) is 5.91 Å². The number of H-pyrrole nitrogens is 1. The van der Waals surface area contributed by atoms with E-state index in [1.807, 2.05) is 30.3 Å². The summed E-state index contributed by atoms with van der Waals surface area (Å²) in [6.45, 7) is 0. The van der Waals surface area contributed by atoms with Crippen LogP contribution in [0.3, 0.4) is 0 Å². The van der Waals surface area contributed by atoms with Crippen LogP contribution in [-0.2, 0) is 0 Å². The third-order valence-corrected chi connectivity index (χ3v) is 3.81. The van der Waals surface area contributed by atoms with E-state index in [0.29, 0.717) is 28.2 Å². The molecule has 26 heavy (non-hydrogen) atoms. The summed E-state index contributed by atoms with van der Waals surface area (Å²) in [4.78, 5) is 30.7. The Bertz CT molecular complexity index is 1110. The van der Waals surface area contributed by atoms with Gasteiger partial charge in [-0.1, -0.05) is 18.2 Å². The zero-order chi connectivity index (χ0) is 18.1. The number of aromatic nitrogens is 4. The molecule has 2 aromatic heterocycles. The first-order valence-electron chi connectivity index (χ1n) is 7.75. The molecule has 4 aromatic rings. The Morgan fingerprint density at radius 3 is 2.62 bits per heavy atom. The Morgan fingerprint density at radius 2 is 1.88 bits per heavy atom. The molecule has 0 bridgehead atoms. The minimum Gasteiger partial charge on any atom is -0.478 e. The second kappa shape index (κ2) is 6.17. The van der Waals surface area contributed by atoms with E-state index in [-0.39, 0.29) is 11.5 Å². The van der Waals surface area contributed by atoms with Crippen molar-refractivity contribution in [2.75, 3.05) is 5.32 Å². The quantitative estimate of drug-likeness (QED) is 0.525. The van der Waals surface area contributed by atoms with Crippen molar-refractivity contribution in [1.82, 2.24) is 19.7 Å². The summed E-state index contributed by atoms with van der Waals surface area (Å²) in [5.41, 5.74) is 2.54. The average Bonchev–Trinajstić information content (AvgIpc) is 3.28. The third-order valence-electron chi connectivity index (χ3n) is 3.81. The first-order chi connectivity index (χ1) is 12.6. The van der Waals surface area contributed by atoms with Gasteiger partial charge in [-0.05, 0) is 30.3 Å². The lowest BCUT2D eigenvalue weighted by atomic mass is 10.2. The summed E-state index contributed by atoms with van der Waals surface area (Å²) in [5, 5.41) is 15.8. The molecular formula is C18H13N5O3. The van der Waals surface area contributed by atoms with Gasteiger partial charge in [-0.15, -0.1) is 0 Å². The number of nitrogens with one attached hydrogen (secondary N) is 2. The lowest BCUT2D eigenvalue weighted by molar-refractivity contribution is 0.0696. The van der Waals surface area contributed by atoms with Crippen LogP contribution >= 0.6 is 0 Å². The number of carbonyl (C=O) groups excluding carboxylic acids is 1. The molecule has 0 atom stereocenters. The average molecular weight is 347 g/mol. The Kier molecular flexibility index (Phi) is 3.70. The molecule has 0 saturated heterocycles. The molecule has 8 heteroatoms. The highest BCUT2D eigenvalue weighted by atomic mass is 16.4. The van der Waals surface area contributed by atoms with Gasteiger partial charge in [-0.25, -0.2) is 14.5 Å². The number of aromatic amines is 1. The Hall–Kier alpha value is -3.94. The molecule has 2 heterocycles. The molecule has 3 N–H and O–H groups in total. The van der Waals surface area contributed by atoms with Crippen molar-refractivity contribution in [3.8, 4) is 5.95 Å². The van der Waals surface area contributed by atoms with E-state index in [2.05, 4.69) is 20.4 Å². The molecule has 8 nitrogen and oxygen atoms in total. The number of imidazole rings is 1. The summed E-state index contributed by atoms with van der Waals surface area (Å²) >= 11 is 0. The summed E-state index contributed by atoms with van der Waals surface area (Å²) in [6, 6.07) is 14.3. The highest BCUT2D eigenvalue weighted by Crippen LogP contribution is 2.17. The molecule has 0 aliphatic carbocycles. The fourth-order valence-electron chi connectivity index (χ4n) is 2.52. The van der Waals surface area contributed by atoms with Crippen molar-refractivity contribution in [2.24, 2.45) is 0 Å². The summed E-state index contributed by atoms with van der Waals surface area (Å²) in [5.74, 6) is -0.929. The van der Waals surface area contributed by atoms with Crippen LogP contribution in [0.15, 0.2) is 60.9 Å². The van der Waals surface area contributed by atoms with E-state index in [0.717, 1.165) is 0 Å². The van der Waals surface area contributed by atoms with Gasteiger partial charge in [0, 0.05) is 17.4 Å². The zero-order valence-corrected chi connectivity index (χ0v) is 13.4. The Morgan fingerprint density at radius 1 is 1.08 bits per heavy atom. The minimum atomic E-state index is -1.06. The number of rotatable bonds is 4.